The molecule has 0 spiro atoms. The Labute approximate surface area is 172 Å². The van der Waals surface area contributed by atoms with Gasteiger partial charge in [0.2, 0.25) is 0 Å². The lowest BCUT2D eigenvalue weighted by atomic mass is 9.86. The van der Waals surface area contributed by atoms with Crippen molar-refractivity contribution < 1.29 is 33.4 Å². The summed E-state index contributed by atoms with van der Waals surface area (Å²) >= 11 is 0.912. The SMILES string of the molecule is COC(=O)c1sc(NC(=O)COC(=O)C[C@@H]2C[C@@H]3CC[C@@H]2C3)c(C(=O)OC)c1C. The molecule has 1 aromatic heterocycles. The van der Waals surface area contributed by atoms with E-state index in [0.29, 0.717) is 23.8 Å². The lowest BCUT2D eigenvalue weighted by Crippen LogP contribution is -2.23. The van der Waals surface area contributed by atoms with Crippen LogP contribution in [-0.4, -0.2) is 44.6 Å². The molecule has 3 atom stereocenters. The van der Waals surface area contributed by atoms with E-state index in [0.717, 1.165) is 23.7 Å². The molecule has 2 fully saturated rings. The molecule has 3 rings (SSSR count). The van der Waals surface area contributed by atoms with Gasteiger partial charge in [-0.25, -0.2) is 9.59 Å². The summed E-state index contributed by atoms with van der Waals surface area (Å²) in [5.41, 5.74) is 0.442. The quantitative estimate of drug-likeness (QED) is 0.531. The summed E-state index contributed by atoms with van der Waals surface area (Å²) in [5, 5.41) is 2.69. The van der Waals surface area contributed by atoms with Crippen LogP contribution in [0.2, 0.25) is 0 Å². The predicted octanol–water partition coefficient (Wildman–Crippen LogP) is 2.94. The van der Waals surface area contributed by atoms with E-state index in [2.05, 4.69) is 5.32 Å². The van der Waals surface area contributed by atoms with Crippen LogP contribution < -0.4 is 5.32 Å². The van der Waals surface area contributed by atoms with Crippen LogP contribution in [0.1, 0.15) is 57.7 Å². The Kier molecular flexibility index (Phi) is 6.56. The fourth-order valence-corrected chi connectivity index (χ4v) is 5.57. The normalized spacial score (nSPS) is 22.2. The number of rotatable bonds is 7. The first kappa shape index (κ1) is 21.3. The number of hydrogen-bond donors (Lipinski definition) is 1. The molecular formula is C20H25NO7S. The van der Waals surface area contributed by atoms with Gasteiger partial charge in [-0.1, -0.05) is 6.42 Å². The highest BCUT2D eigenvalue weighted by atomic mass is 32.1. The molecule has 9 heteroatoms. The summed E-state index contributed by atoms with van der Waals surface area (Å²) in [6.07, 6.45) is 5.05. The number of hydrogen-bond acceptors (Lipinski definition) is 8. The van der Waals surface area contributed by atoms with Crippen LogP contribution in [0.5, 0.6) is 0 Å². The Morgan fingerprint density at radius 3 is 2.38 bits per heavy atom. The smallest absolute Gasteiger partial charge is 0.348 e. The first-order valence-electron chi connectivity index (χ1n) is 9.59. The molecule has 1 amide bonds. The molecule has 2 saturated carbocycles. The number of thiophene rings is 1. The lowest BCUT2D eigenvalue weighted by molar-refractivity contribution is -0.148. The Morgan fingerprint density at radius 1 is 1.07 bits per heavy atom. The maximum absolute atomic E-state index is 12.3. The van der Waals surface area contributed by atoms with Crippen LogP contribution in [0.25, 0.3) is 0 Å². The summed E-state index contributed by atoms with van der Waals surface area (Å²) < 4.78 is 14.6. The second-order valence-electron chi connectivity index (χ2n) is 7.59. The summed E-state index contributed by atoms with van der Waals surface area (Å²) in [7, 11) is 2.44. The van der Waals surface area contributed by atoms with E-state index >= 15 is 0 Å². The Balaban J connectivity index is 1.58. The van der Waals surface area contributed by atoms with Crippen molar-refractivity contribution in [2.24, 2.45) is 17.8 Å². The number of carbonyl (C=O) groups excluding carboxylic acids is 4. The minimum atomic E-state index is -0.683. The first-order chi connectivity index (χ1) is 13.8. The predicted molar refractivity (Wildman–Crippen MR) is 105 cm³/mol. The zero-order valence-corrected chi connectivity index (χ0v) is 17.6. The van der Waals surface area contributed by atoms with E-state index in [4.69, 9.17) is 14.2 Å². The highest BCUT2D eigenvalue weighted by molar-refractivity contribution is 7.18. The number of carbonyl (C=O) groups is 4. The number of ether oxygens (including phenoxy) is 3. The van der Waals surface area contributed by atoms with Gasteiger partial charge in [-0.15, -0.1) is 11.3 Å². The average Bonchev–Trinajstić information content (AvgIpc) is 3.40. The molecule has 1 N–H and O–H groups in total. The first-order valence-corrected chi connectivity index (χ1v) is 10.4. The largest absolute Gasteiger partial charge is 0.465 e. The number of nitrogens with one attached hydrogen (secondary N) is 1. The Bertz CT molecular complexity index is 831. The van der Waals surface area contributed by atoms with Crippen molar-refractivity contribution in [1.82, 2.24) is 0 Å². The highest BCUT2D eigenvalue weighted by Gasteiger charge is 2.40. The number of amides is 1. The zero-order chi connectivity index (χ0) is 21.1. The summed E-state index contributed by atoms with van der Waals surface area (Å²) in [6, 6.07) is 0. The molecule has 2 aliphatic rings. The molecule has 0 unspecified atom stereocenters. The molecule has 0 saturated heterocycles. The van der Waals surface area contributed by atoms with Crippen LogP contribution in [0.3, 0.4) is 0 Å². The van der Waals surface area contributed by atoms with E-state index in [1.807, 2.05) is 0 Å². The Morgan fingerprint density at radius 2 is 1.79 bits per heavy atom. The standard InChI is InChI=1S/C20H25NO7S/c1-10-16(19(24)26-2)18(29-17(10)20(25)27-3)21-14(22)9-28-15(23)8-13-7-11-4-5-12(13)6-11/h11-13H,4-9H2,1-3H3,(H,21,22)/t11-,12-,13+/m1/s1. The van der Waals surface area contributed by atoms with Gasteiger partial charge in [0, 0.05) is 6.42 Å². The average molecular weight is 423 g/mol. The van der Waals surface area contributed by atoms with Gasteiger partial charge in [0.15, 0.2) is 6.61 Å². The zero-order valence-electron chi connectivity index (χ0n) is 16.7. The fraction of sp³-hybridized carbons (Fsp3) is 0.600. The van der Waals surface area contributed by atoms with Crippen molar-refractivity contribution in [3.8, 4) is 0 Å². The van der Waals surface area contributed by atoms with Crippen molar-refractivity contribution in [2.45, 2.75) is 39.0 Å². The molecule has 29 heavy (non-hydrogen) atoms. The van der Waals surface area contributed by atoms with Crippen molar-refractivity contribution >= 4 is 40.2 Å². The van der Waals surface area contributed by atoms with Gasteiger partial charge in [-0.2, -0.15) is 0 Å². The molecule has 2 aliphatic carbocycles. The van der Waals surface area contributed by atoms with Crippen LogP contribution >= 0.6 is 11.3 Å². The topological polar surface area (TPSA) is 108 Å². The van der Waals surface area contributed by atoms with Gasteiger partial charge in [0.25, 0.3) is 5.91 Å². The van der Waals surface area contributed by atoms with E-state index in [1.54, 1.807) is 6.92 Å². The van der Waals surface area contributed by atoms with Crippen LogP contribution in [0.15, 0.2) is 0 Å². The minimum Gasteiger partial charge on any atom is -0.465 e. The molecule has 0 aromatic carbocycles. The van der Waals surface area contributed by atoms with Gasteiger partial charge in [0.05, 0.1) is 19.8 Å². The van der Waals surface area contributed by atoms with E-state index in [1.165, 1.54) is 33.5 Å². The number of methoxy groups -OCH3 is 2. The molecule has 1 aromatic rings. The van der Waals surface area contributed by atoms with Crippen molar-refractivity contribution in [3.05, 3.63) is 16.0 Å². The number of anilines is 1. The van der Waals surface area contributed by atoms with E-state index < -0.39 is 24.5 Å². The van der Waals surface area contributed by atoms with E-state index in [-0.39, 0.29) is 21.4 Å². The molecule has 1 heterocycles. The number of fused-ring (bicyclic) bond motifs is 2. The maximum Gasteiger partial charge on any atom is 0.348 e. The van der Waals surface area contributed by atoms with Crippen LogP contribution in [0, 0.1) is 24.7 Å². The third kappa shape index (κ3) is 4.60. The van der Waals surface area contributed by atoms with Crippen molar-refractivity contribution in [2.75, 3.05) is 26.1 Å². The minimum absolute atomic E-state index is 0.0829. The van der Waals surface area contributed by atoms with Crippen molar-refractivity contribution in [3.63, 3.8) is 0 Å². The molecule has 158 valence electrons. The molecule has 8 nitrogen and oxygen atoms in total. The van der Waals surface area contributed by atoms with E-state index in [9.17, 15) is 19.2 Å². The van der Waals surface area contributed by atoms with Gasteiger partial charge < -0.3 is 19.5 Å². The summed E-state index contributed by atoms with van der Waals surface area (Å²) in [4.78, 5) is 48.5. The Hall–Kier alpha value is -2.42. The van der Waals surface area contributed by atoms with Gasteiger partial charge >= 0.3 is 17.9 Å². The highest BCUT2D eigenvalue weighted by Crippen LogP contribution is 2.49. The fourth-order valence-electron chi connectivity index (χ4n) is 4.45. The maximum atomic E-state index is 12.3. The second kappa shape index (κ2) is 8.94. The van der Waals surface area contributed by atoms with Crippen LogP contribution in [-0.2, 0) is 23.8 Å². The molecular weight excluding hydrogens is 398 g/mol. The monoisotopic (exact) mass is 423 g/mol. The molecule has 0 aliphatic heterocycles. The summed E-state index contributed by atoms with van der Waals surface area (Å²) in [6.45, 7) is 1.12. The summed E-state index contributed by atoms with van der Waals surface area (Å²) in [5.74, 6) is -0.568. The number of esters is 3. The third-order valence-electron chi connectivity index (χ3n) is 5.84. The third-order valence-corrected chi connectivity index (χ3v) is 7.02. The van der Waals surface area contributed by atoms with Gasteiger partial charge in [-0.3, -0.25) is 9.59 Å². The van der Waals surface area contributed by atoms with Crippen molar-refractivity contribution in [1.29, 1.82) is 0 Å². The second-order valence-corrected chi connectivity index (χ2v) is 8.61. The van der Waals surface area contributed by atoms with Gasteiger partial charge in [0.1, 0.15) is 9.88 Å². The lowest BCUT2D eigenvalue weighted by Gasteiger charge is -2.20. The van der Waals surface area contributed by atoms with Crippen LogP contribution in [0.4, 0.5) is 5.00 Å². The molecule has 0 radical (unpaired) electrons. The molecule has 2 bridgehead atoms. The van der Waals surface area contributed by atoms with Gasteiger partial charge in [-0.05, 0) is 49.5 Å².